The molecule has 0 spiro atoms. The molecule has 0 aliphatic rings. The van der Waals surface area contributed by atoms with Crippen LogP contribution in [-0.4, -0.2) is 49.2 Å². The zero-order chi connectivity index (χ0) is 15.1. The maximum atomic E-state index is 5.98. The summed E-state index contributed by atoms with van der Waals surface area (Å²) in [4.78, 5) is 0. The van der Waals surface area contributed by atoms with Gasteiger partial charge in [-0.2, -0.15) is 0 Å². The molecule has 0 unspecified atom stereocenters. The van der Waals surface area contributed by atoms with Crippen LogP contribution in [0.5, 0.6) is 0 Å². The Morgan fingerprint density at radius 2 is 1.20 bits per heavy atom. The van der Waals surface area contributed by atoms with E-state index in [2.05, 4.69) is 13.5 Å². The summed E-state index contributed by atoms with van der Waals surface area (Å²) in [6.45, 7) is 6.92. The lowest BCUT2D eigenvalue weighted by Gasteiger charge is -2.27. The summed E-state index contributed by atoms with van der Waals surface area (Å²) < 4.78 is 22.1. The number of methoxy groups -OCH3 is 2. The molecule has 0 rings (SSSR count). The standard InChI is InChI=1S/C15H34O4Si/c1-5-6-7-8-9-10-15-20(4,18-13-11-16-2)19-14-12-17-3/h5-15H2,1-4H3. The topological polar surface area (TPSA) is 36.9 Å². The van der Waals surface area contributed by atoms with Crippen LogP contribution in [0.3, 0.4) is 0 Å². The zero-order valence-electron chi connectivity index (χ0n) is 13.9. The van der Waals surface area contributed by atoms with Crippen LogP contribution in [0.1, 0.15) is 45.4 Å². The molecule has 0 heterocycles. The zero-order valence-corrected chi connectivity index (χ0v) is 14.9. The van der Waals surface area contributed by atoms with Crippen molar-refractivity contribution in [1.82, 2.24) is 0 Å². The van der Waals surface area contributed by atoms with Crippen LogP contribution in [-0.2, 0) is 18.3 Å². The molecule has 0 aromatic carbocycles. The molecule has 0 fully saturated rings. The molecule has 0 amide bonds. The maximum absolute atomic E-state index is 5.98. The summed E-state index contributed by atoms with van der Waals surface area (Å²) in [5.74, 6) is 0. The van der Waals surface area contributed by atoms with Gasteiger partial charge in [-0.3, -0.25) is 0 Å². The van der Waals surface area contributed by atoms with Crippen LogP contribution in [0.25, 0.3) is 0 Å². The first-order valence-electron chi connectivity index (χ1n) is 7.94. The first kappa shape index (κ1) is 20.1. The van der Waals surface area contributed by atoms with Crippen LogP contribution in [0, 0.1) is 0 Å². The van der Waals surface area contributed by atoms with Gasteiger partial charge >= 0.3 is 8.56 Å². The molecule has 122 valence electrons. The average Bonchev–Trinajstić information content (AvgIpc) is 2.43. The van der Waals surface area contributed by atoms with E-state index in [1.165, 1.54) is 38.5 Å². The first-order chi connectivity index (χ1) is 9.68. The van der Waals surface area contributed by atoms with Gasteiger partial charge < -0.3 is 18.3 Å². The minimum Gasteiger partial charge on any atom is -0.392 e. The Hall–Kier alpha value is 0.0569. The van der Waals surface area contributed by atoms with Gasteiger partial charge in [0.1, 0.15) is 0 Å². The van der Waals surface area contributed by atoms with E-state index in [0.717, 1.165) is 6.04 Å². The van der Waals surface area contributed by atoms with Gasteiger partial charge in [0.25, 0.3) is 0 Å². The van der Waals surface area contributed by atoms with Gasteiger partial charge in [0, 0.05) is 14.2 Å². The smallest absolute Gasteiger partial charge is 0.335 e. The molecule has 0 aliphatic heterocycles. The van der Waals surface area contributed by atoms with Crippen LogP contribution in [0.4, 0.5) is 0 Å². The van der Waals surface area contributed by atoms with Crippen molar-refractivity contribution >= 4 is 8.56 Å². The van der Waals surface area contributed by atoms with Gasteiger partial charge in [-0.25, -0.2) is 0 Å². The molecule has 5 heteroatoms. The molecule has 0 radical (unpaired) electrons. The van der Waals surface area contributed by atoms with Crippen molar-refractivity contribution in [2.75, 3.05) is 40.6 Å². The average molecular weight is 307 g/mol. The third-order valence-electron chi connectivity index (χ3n) is 3.37. The Kier molecular flexibility index (Phi) is 14.1. The predicted octanol–water partition coefficient (Wildman–Crippen LogP) is 3.74. The van der Waals surface area contributed by atoms with E-state index in [9.17, 15) is 0 Å². The largest absolute Gasteiger partial charge is 0.392 e. The highest BCUT2D eigenvalue weighted by molar-refractivity contribution is 6.66. The van der Waals surface area contributed by atoms with Crippen LogP contribution in [0.2, 0.25) is 12.6 Å². The first-order valence-corrected chi connectivity index (χ1v) is 10.5. The van der Waals surface area contributed by atoms with Crippen LogP contribution in [0.15, 0.2) is 0 Å². The van der Waals surface area contributed by atoms with Gasteiger partial charge in [0.2, 0.25) is 0 Å². The molecule has 0 N–H and O–H groups in total. The molecular formula is C15H34O4Si. The Labute approximate surface area is 126 Å². The quantitative estimate of drug-likeness (QED) is 0.341. The normalized spacial score (nSPS) is 12.0. The number of hydrogen-bond acceptors (Lipinski definition) is 4. The molecule has 0 atom stereocenters. The Morgan fingerprint density at radius 3 is 1.70 bits per heavy atom. The van der Waals surface area contributed by atoms with Crippen molar-refractivity contribution in [1.29, 1.82) is 0 Å². The monoisotopic (exact) mass is 306 g/mol. The fourth-order valence-corrected chi connectivity index (χ4v) is 4.39. The summed E-state index contributed by atoms with van der Waals surface area (Å²) in [7, 11) is 1.34. The second-order valence-electron chi connectivity index (χ2n) is 5.33. The van der Waals surface area contributed by atoms with E-state index in [-0.39, 0.29) is 0 Å². The lowest BCUT2D eigenvalue weighted by Crippen LogP contribution is -2.40. The highest BCUT2D eigenvalue weighted by Gasteiger charge is 2.30. The van der Waals surface area contributed by atoms with Crippen molar-refractivity contribution in [3.8, 4) is 0 Å². The molecule has 4 nitrogen and oxygen atoms in total. The summed E-state index contributed by atoms with van der Waals surface area (Å²) in [6.07, 6.45) is 7.81. The van der Waals surface area contributed by atoms with Gasteiger partial charge in [-0.15, -0.1) is 0 Å². The number of rotatable bonds is 15. The van der Waals surface area contributed by atoms with Crippen molar-refractivity contribution in [2.45, 2.75) is 58.0 Å². The Bertz CT molecular complexity index is 192. The SMILES string of the molecule is CCCCCCCC[Si](C)(OCCOC)OCCOC. The number of unbranched alkanes of at least 4 members (excludes halogenated alkanes) is 5. The molecule has 0 aliphatic carbocycles. The molecular weight excluding hydrogens is 272 g/mol. The van der Waals surface area contributed by atoms with Crippen LogP contribution >= 0.6 is 0 Å². The van der Waals surface area contributed by atoms with Crippen LogP contribution < -0.4 is 0 Å². The third kappa shape index (κ3) is 11.8. The summed E-state index contributed by atoms with van der Waals surface area (Å²) >= 11 is 0. The highest BCUT2D eigenvalue weighted by Crippen LogP contribution is 2.19. The van der Waals surface area contributed by atoms with E-state index in [1.807, 2.05) is 0 Å². The lowest BCUT2D eigenvalue weighted by molar-refractivity contribution is 0.0882. The van der Waals surface area contributed by atoms with E-state index >= 15 is 0 Å². The van der Waals surface area contributed by atoms with Gasteiger partial charge in [-0.1, -0.05) is 45.4 Å². The second-order valence-corrected chi connectivity index (χ2v) is 8.68. The molecule has 0 saturated carbocycles. The molecule has 0 bridgehead atoms. The second kappa shape index (κ2) is 14.0. The third-order valence-corrected chi connectivity index (χ3v) is 6.27. The van der Waals surface area contributed by atoms with Gasteiger partial charge in [0.05, 0.1) is 26.4 Å². The van der Waals surface area contributed by atoms with Crippen molar-refractivity contribution in [2.24, 2.45) is 0 Å². The lowest BCUT2D eigenvalue weighted by atomic mass is 10.1. The molecule has 0 saturated heterocycles. The Balaban J connectivity index is 3.89. The van der Waals surface area contributed by atoms with E-state index in [0.29, 0.717) is 26.4 Å². The van der Waals surface area contributed by atoms with E-state index in [1.54, 1.807) is 14.2 Å². The molecule has 0 aromatic rings. The van der Waals surface area contributed by atoms with E-state index in [4.69, 9.17) is 18.3 Å². The molecule has 0 aromatic heterocycles. The number of hydrogen-bond donors (Lipinski definition) is 0. The highest BCUT2D eigenvalue weighted by atomic mass is 28.4. The molecule has 20 heavy (non-hydrogen) atoms. The predicted molar refractivity (Wildman–Crippen MR) is 85.5 cm³/mol. The van der Waals surface area contributed by atoms with Gasteiger partial charge in [0.15, 0.2) is 0 Å². The maximum Gasteiger partial charge on any atom is 0.335 e. The summed E-state index contributed by atoms with van der Waals surface area (Å²) in [6, 6.07) is 1.06. The minimum atomic E-state index is -2.05. The fraction of sp³-hybridized carbons (Fsp3) is 1.00. The van der Waals surface area contributed by atoms with E-state index < -0.39 is 8.56 Å². The van der Waals surface area contributed by atoms with Gasteiger partial charge in [-0.05, 0) is 12.6 Å². The summed E-state index contributed by atoms with van der Waals surface area (Å²) in [5, 5.41) is 0. The minimum absolute atomic E-state index is 0.627. The van der Waals surface area contributed by atoms with Crippen molar-refractivity contribution in [3.63, 3.8) is 0 Å². The number of ether oxygens (including phenoxy) is 2. The van der Waals surface area contributed by atoms with Crippen molar-refractivity contribution < 1.29 is 18.3 Å². The van der Waals surface area contributed by atoms with Crippen molar-refractivity contribution in [3.05, 3.63) is 0 Å². The Morgan fingerprint density at radius 1 is 0.700 bits per heavy atom. The summed E-state index contributed by atoms with van der Waals surface area (Å²) in [5.41, 5.74) is 0. The fourth-order valence-electron chi connectivity index (χ4n) is 2.09.